The fourth-order valence-electron chi connectivity index (χ4n) is 7.45. The predicted octanol–water partition coefficient (Wildman–Crippen LogP) is -5.29. The molecule has 8 amide bonds. The number of alkyl halides is 1. The Kier molecular flexibility index (Phi) is 23.2. The highest BCUT2D eigenvalue weighted by molar-refractivity contribution is 6.00. The first-order valence-corrected chi connectivity index (χ1v) is 22.4. The second-order valence-electron chi connectivity index (χ2n) is 17.3. The molecule has 388 valence electrons. The fraction of sp³-hybridized carbons (Fsp3) is 0.674. The first-order chi connectivity index (χ1) is 32.5. The van der Waals surface area contributed by atoms with E-state index < -0.39 is 153 Å². The van der Waals surface area contributed by atoms with Crippen molar-refractivity contribution in [1.29, 1.82) is 0 Å². The van der Waals surface area contributed by atoms with Crippen molar-refractivity contribution in [2.24, 2.45) is 11.7 Å². The van der Waals surface area contributed by atoms with E-state index in [1.54, 1.807) is 19.9 Å². The highest BCUT2D eigenvalue weighted by atomic mass is 19.1. The van der Waals surface area contributed by atoms with Gasteiger partial charge in [0.05, 0.1) is 25.7 Å². The number of nitrogens with two attached hydrogens (primary N) is 1. The van der Waals surface area contributed by atoms with Gasteiger partial charge in [0.25, 0.3) is 5.91 Å². The molecule has 0 bridgehead atoms. The Morgan fingerprint density at radius 2 is 1.38 bits per heavy atom. The minimum atomic E-state index is -2.54. The van der Waals surface area contributed by atoms with E-state index in [2.05, 4.69) is 37.2 Å². The topological polar surface area (TPSA) is 396 Å². The number of primary amides is 1. The average molecular weight is 987 g/mol. The molecule has 0 spiro atoms. The molecule has 2 aliphatic heterocycles. The van der Waals surface area contributed by atoms with E-state index >= 15 is 4.39 Å². The number of hydrogen-bond acceptors (Lipinski definition) is 17. The van der Waals surface area contributed by atoms with Gasteiger partial charge in [-0.2, -0.15) is 0 Å². The lowest BCUT2D eigenvalue weighted by Crippen LogP contribution is -2.68. The van der Waals surface area contributed by atoms with Crippen LogP contribution in [0.25, 0.3) is 0 Å². The lowest BCUT2D eigenvalue weighted by atomic mass is 9.95. The van der Waals surface area contributed by atoms with Gasteiger partial charge >= 0.3 is 0 Å². The van der Waals surface area contributed by atoms with Crippen molar-refractivity contribution in [3.63, 3.8) is 0 Å². The summed E-state index contributed by atoms with van der Waals surface area (Å²) in [6.07, 6.45) is -18.7. The van der Waals surface area contributed by atoms with Crippen molar-refractivity contribution in [3.05, 3.63) is 35.9 Å². The number of nitrogens with one attached hydrogen (secondary N) is 7. The normalized spacial score (nSPS) is 26.7. The molecule has 0 saturated carbocycles. The van der Waals surface area contributed by atoms with Crippen LogP contribution in [-0.2, 0) is 47.8 Å². The maximum atomic E-state index is 16.0. The van der Waals surface area contributed by atoms with Crippen LogP contribution in [-0.4, -0.2) is 189 Å². The molecule has 15 N–H and O–H groups in total. The zero-order valence-electron chi connectivity index (χ0n) is 38.9. The third kappa shape index (κ3) is 17.5. The smallest absolute Gasteiger partial charge is 0.251 e. The second kappa shape index (κ2) is 27.7. The Morgan fingerprint density at radius 3 is 1.94 bits per heavy atom. The van der Waals surface area contributed by atoms with Crippen molar-refractivity contribution in [2.45, 2.75) is 158 Å². The van der Waals surface area contributed by atoms with Crippen LogP contribution in [0, 0.1) is 5.92 Å². The lowest BCUT2D eigenvalue weighted by molar-refractivity contribution is -0.319. The number of aliphatic hydroxyl groups excluding tert-OH is 6. The van der Waals surface area contributed by atoms with Crippen LogP contribution in [0.1, 0.15) is 77.1 Å². The van der Waals surface area contributed by atoms with E-state index in [0.717, 1.165) is 6.92 Å². The molecule has 2 saturated heterocycles. The molecule has 2 fully saturated rings. The minimum Gasteiger partial charge on any atom is -0.394 e. The maximum absolute atomic E-state index is 16.0. The van der Waals surface area contributed by atoms with Crippen LogP contribution >= 0.6 is 0 Å². The summed E-state index contributed by atoms with van der Waals surface area (Å²) < 4.78 is 32.7. The molecule has 15 atom stereocenters. The number of aliphatic hydroxyl groups is 6. The highest BCUT2D eigenvalue weighted by Crippen LogP contribution is 2.30. The second-order valence-corrected chi connectivity index (χ2v) is 17.3. The monoisotopic (exact) mass is 986 g/mol. The summed E-state index contributed by atoms with van der Waals surface area (Å²) in [7, 11) is 0. The summed E-state index contributed by atoms with van der Waals surface area (Å²) >= 11 is 0. The molecular weight excluding hydrogens is 920 g/mol. The van der Waals surface area contributed by atoms with E-state index in [0.29, 0.717) is 19.4 Å². The van der Waals surface area contributed by atoms with Crippen LogP contribution in [0.2, 0.25) is 0 Å². The average Bonchev–Trinajstić information content (AvgIpc) is 3.28. The number of halogens is 1. The Bertz CT molecular complexity index is 1900. The van der Waals surface area contributed by atoms with Crippen LogP contribution in [0.5, 0.6) is 0 Å². The number of unbranched alkanes of at least 4 members (excludes halogenated alkanes) is 1. The number of hydrogen-bond donors (Lipinski definition) is 14. The third-order valence-electron chi connectivity index (χ3n) is 11.1. The predicted molar refractivity (Wildman–Crippen MR) is 236 cm³/mol. The summed E-state index contributed by atoms with van der Waals surface area (Å²) in [6, 6.07) is -0.242. The molecule has 0 aromatic heterocycles. The number of amides is 8. The van der Waals surface area contributed by atoms with Gasteiger partial charge in [-0.3, -0.25) is 38.4 Å². The number of ether oxygens (including phenoxy) is 3. The van der Waals surface area contributed by atoms with E-state index in [4.69, 9.17) is 19.9 Å². The molecule has 1 aromatic rings. The maximum Gasteiger partial charge on any atom is 0.251 e. The van der Waals surface area contributed by atoms with Crippen molar-refractivity contribution >= 4 is 47.3 Å². The van der Waals surface area contributed by atoms with Crippen molar-refractivity contribution < 1.29 is 87.6 Å². The summed E-state index contributed by atoms with van der Waals surface area (Å²) in [5.74, 6) is -7.28. The van der Waals surface area contributed by atoms with Gasteiger partial charge in [-0.15, -0.1) is 0 Å². The highest BCUT2D eigenvalue weighted by Gasteiger charge is 2.52. The number of rotatable bonds is 25. The summed E-state index contributed by atoms with van der Waals surface area (Å²) in [4.78, 5) is 103. The van der Waals surface area contributed by atoms with Gasteiger partial charge in [-0.1, -0.05) is 32.0 Å². The molecule has 0 unspecified atom stereocenters. The lowest BCUT2D eigenvalue weighted by Gasteiger charge is -2.46. The zero-order valence-corrected chi connectivity index (χ0v) is 38.9. The SMILES string of the molecule is CC(=O)NCCCC[C@H](NC(=O)[C@@H](NC(=O)[C@H](CC(C)C)NC(=O)[C@H](CC(=O)N[C@@H]1O[C@H](CO)[C@@H](O[C@@H]2O[C@H](CO)[C@@H](O)[C@H](O)[C@H]2NC(C)=O)[C@H](O)[C@H]1F)NC(=O)c1ccccc1)[C@@H](C)O)C(N)=O. The van der Waals surface area contributed by atoms with Crippen molar-refractivity contribution in [3.8, 4) is 0 Å². The standard InChI is InChI=1S/C43H67FN8O17/c1-19(2)15-25(40(65)52-31(20(3)55)41(66)48-24(37(45)62)13-9-10-14-46-21(4)56)50-39(64)26(49-38(63)23-11-7-6-8-12-23)16-29(58)51-42-30(44)34(60)36(28(18-54)67-42)69-43-32(47-22(5)57)35(61)33(59)27(17-53)68-43/h6-8,11-12,19-20,24-28,30-36,42-43,53-55,59-61H,9-10,13-18H2,1-5H3,(H2,45,62)(H,46,56)(H,47,57)(H,48,66)(H,49,63)(H,50,64)(H,51,58)(H,52,65)/t20-,24+,25+,26+,27-,28-,30-,31+,32-,33-,34-,35-,36-,42-,43+/m1/s1. The third-order valence-corrected chi connectivity index (χ3v) is 11.1. The van der Waals surface area contributed by atoms with Gasteiger partial charge in [0.1, 0.15) is 66.8 Å². The number of carbonyl (C=O) groups excluding carboxylic acids is 8. The van der Waals surface area contributed by atoms with E-state index in [1.807, 2.05) is 0 Å². The Morgan fingerprint density at radius 1 is 0.754 bits per heavy atom. The first-order valence-electron chi connectivity index (χ1n) is 22.4. The molecule has 3 rings (SSSR count). The molecule has 2 aliphatic rings. The van der Waals surface area contributed by atoms with Gasteiger partial charge in [-0.25, -0.2) is 4.39 Å². The van der Waals surface area contributed by atoms with Crippen molar-refractivity contribution in [2.75, 3.05) is 19.8 Å². The molecule has 0 radical (unpaired) electrons. The quantitative estimate of drug-likeness (QED) is 0.0407. The molecule has 2 heterocycles. The minimum absolute atomic E-state index is 0.0503. The fourth-order valence-corrected chi connectivity index (χ4v) is 7.45. The first kappa shape index (κ1) is 57.9. The summed E-state index contributed by atoms with van der Waals surface area (Å²) in [5.41, 5.74) is 5.55. The molecule has 26 heteroatoms. The van der Waals surface area contributed by atoms with Crippen LogP contribution in [0.4, 0.5) is 4.39 Å². The molecule has 25 nitrogen and oxygen atoms in total. The Balaban J connectivity index is 1.81. The molecular formula is C43H67FN8O17. The Labute approximate surface area is 397 Å². The zero-order chi connectivity index (χ0) is 51.7. The summed E-state index contributed by atoms with van der Waals surface area (Å²) in [5, 5.41) is 79.3. The van der Waals surface area contributed by atoms with Crippen LogP contribution in [0.15, 0.2) is 30.3 Å². The van der Waals surface area contributed by atoms with Crippen molar-refractivity contribution in [1.82, 2.24) is 37.2 Å². The van der Waals surface area contributed by atoms with Crippen LogP contribution in [0.3, 0.4) is 0 Å². The van der Waals surface area contributed by atoms with Gasteiger partial charge in [0.2, 0.25) is 41.4 Å². The van der Waals surface area contributed by atoms with Gasteiger partial charge < -0.3 is 87.8 Å². The largest absolute Gasteiger partial charge is 0.394 e. The van der Waals surface area contributed by atoms with Gasteiger partial charge in [0.15, 0.2) is 18.7 Å². The van der Waals surface area contributed by atoms with E-state index in [-0.39, 0.29) is 30.2 Å². The van der Waals surface area contributed by atoms with Gasteiger partial charge in [-0.05, 0) is 50.7 Å². The number of carbonyl (C=O) groups is 8. The molecule has 69 heavy (non-hydrogen) atoms. The number of benzene rings is 1. The summed E-state index contributed by atoms with van der Waals surface area (Å²) in [6.45, 7) is 5.48. The molecule has 1 aromatic carbocycles. The van der Waals surface area contributed by atoms with E-state index in [9.17, 15) is 69.0 Å². The Hall–Kier alpha value is -5.45. The van der Waals surface area contributed by atoms with E-state index in [1.165, 1.54) is 38.1 Å². The van der Waals surface area contributed by atoms with Gasteiger partial charge in [0, 0.05) is 26.0 Å². The van der Waals surface area contributed by atoms with Crippen LogP contribution < -0.4 is 43.0 Å². The molecule has 0 aliphatic carbocycles.